The largest absolute Gasteiger partial charge is 0.494 e. The third kappa shape index (κ3) is 8.50. The fraction of sp³-hybridized carbons (Fsp3) is 0.214. The number of nitrogens with zero attached hydrogens (tertiary/aromatic N) is 1. The lowest BCUT2D eigenvalue weighted by molar-refractivity contribution is -0.136. The molecule has 0 spiro atoms. The zero-order valence-electron chi connectivity index (χ0n) is 21.0. The van der Waals surface area contributed by atoms with Gasteiger partial charge in [-0.25, -0.2) is 5.43 Å². The van der Waals surface area contributed by atoms with Crippen molar-refractivity contribution in [1.29, 1.82) is 0 Å². The van der Waals surface area contributed by atoms with Crippen LogP contribution in [0.1, 0.15) is 30.0 Å². The molecule has 0 aromatic heterocycles. The molecule has 37 heavy (non-hydrogen) atoms. The van der Waals surface area contributed by atoms with Crippen LogP contribution in [-0.2, 0) is 14.4 Å². The van der Waals surface area contributed by atoms with Crippen LogP contribution in [0.2, 0.25) is 0 Å². The normalized spacial score (nSPS) is 10.6. The van der Waals surface area contributed by atoms with Gasteiger partial charge in [0.05, 0.1) is 12.8 Å². The van der Waals surface area contributed by atoms with Crippen LogP contribution < -0.4 is 25.5 Å². The Balaban J connectivity index is 1.50. The van der Waals surface area contributed by atoms with Gasteiger partial charge in [0.25, 0.3) is 5.91 Å². The maximum Gasteiger partial charge on any atom is 0.329 e. The number of hydrogen-bond donors (Lipinski definition) is 3. The van der Waals surface area contributed by atoms with Crippen LogP contribution in [0.3, 0.4) is 0 Å². The molecule has 0 unspecified atom stereocenters. The van der Waals surface area contributed by atoms with Crippen molar-refractivity contribution >= 4 is 35.3 Å². The maximum absolute atomic E-state index is 12.3. The van der Waals surface area contributed by atoms with Crippen molar-refractivity contribution in [3.63, 3.8) is 0 Å². The number of amides is 3. The van der Waals surface area contributed by atoms with Gasteiger partial charge >= 0.3 is 11.8 Å². The predicted octanol–water partition coefficient (Wildman–Crippen LogP) is 4.20. The minimum Gasteiger partial charge on any atom is -0.494 e. The Kier molecular flexibility index (Phi) is 9.78. The lowest BCUT2D eigenvalue weighted by Crippen LogP contribution is -2.32. The van der Waals surface area contributed by atoms with E-state index in [4.69, 9.17) is 9.47 Å². The van der Waals surface area contributed by atoms with E-state index in [1.807, 2.05) is 39.0 Å². The van der Waals surface area contributed by atoms with Crippen molar-refractivity contribution in [1.82, 2.24) is 5.43 Å². The van der Waals surface area contributed by atoms with Gasteiger partial charge in [0, 0.05) is 16.9 Å². The molecule has 0 saturated heterocycles. The molecular weight excluding hydrogens is 472 g/mol. The lowest BCUT2D eigenvalue weighted by atomic mass is 10.1. The Morgan fingerprint density at radius 1 is 0.892 bits per heavy atom. The summed E-state index contributed by atoms with van der Waals surface area (Å²) in [4.78, 5) is 36.6. The van der Waals surface area contributed by atoms with Gasteiger partial charge in [-0.1, -0.05) is 36.8 Å². The number of ether oxygens (including phenoxy) is 2. The highest BCUT2D eigenvalue weighted by atomic mass is 16.5. The molecule has 3 aromatic carbocycles. The highest BCUT2D eigenvalue weighted by molar-refractivity contribution is 6.39. The highest BCUT2D eigenvalue weighted by Crippen LogP contribution is 2.18. The minimum atomic E-state index is -0.936. The number of para-hydroxylation sites is 1. The van der Waals surface area contributed by atoms with Crippen molar-refractivity contribution in [2.24, 2.45) is 5.10 Å². The third-order valence-corrected chi connectivity index (χ3v) is 5.09. The molecule has 0 atom stereocenters. The molecule has 0 aliphatic rings. The number of benzene rings is 3. The van der Waals surface area contributed by atoms with Gasteiger partial charge in [-0.15, -0.1) is 0 Å². The number of hydrazone groups is 1. The van der Waals surface area contributed by atoms with Crippen molar-refractivity contribution in [2.75, 3.05) is 23.8 Å². The number of anilines is 2. The zero-order chi connectivity index (χ0) is 26.6. The summed E-state index contributed by atoms with van der Waals surface area (Å²) in [6.07, 6.45) is 2.22. The average Bonchev–Trinajstić information content (AvgIpc) is 2.89. The summed E-state index contributed by atoms with van der Waals surface area (Å²) in [5.41, 5.74) is 5.94. The summed E-state index contributed by atoms with van der Waals surface area (Å²) >= 11 is 0. The van der Waals surface area contributed by atoms with Gasteiger partial charge in [0.1, 0.15) is 11.5 Å². The van der Waals surface area contributed by atoms with E-state index in [-0.39, 0.29) is 12.5 Å². The Bertz CT molecular complexity index is 1270. The van der Waals surface area contributed by atoms with E-state index in [2.05, 4.69) is 21.2 Å². The van der Waals surface area contributed by atoms with Crippen molar-refractivity contribution in [3.05, 3.63) is 83.4 Å². The molecule has 3 rings (SSSR count). The van der Waals surface area contributed by atoms with Crippen LogP contribution in [-0.4, -0.2) is 37.1 Å². The molecule has 192 valence electrons. The summed E-state index contributed by atoms with van der Waals surface area (Å²) in [6.45, 7) is 6.30. The van der Waals surface area contributed by atoms with Gasteiger partial charge in [0.15, 0.2) is 6.61 Å². The molecule has 3 amide bonds. The predicted molar refractivity (Wildman–Crippen MR) is 143 cm³/mol. The Hall–Kier alpha value is -4.66. The molecule has 0 aliphatic heterocycles. The summed E-state index contributed by atoms with van der Waals surface area (Å²) in [6, 6.07) is 19.3. The molecule has 3 N–H and O–H groups in total. The number of rotatable bonds is 10. The third-order valence-electron chi connectivity index (χ3n) is 5.09. The van der Waals surface area contributed by atoms with Crippen LogP contribution in [0.4, 0.5) is 11.4 Å². The number of aryl methyl sites for hydroxylation is 2. The first-order valence-electron chi connectivity index (χ1n) is 11.8. The van der Waals surface area contributed by atoms with E-state index in [9.17, 15) is 14.4 Å². The summed E-state index contributed by atoms with van der Waals surface area (Å²) < 4.78 is 11.1. The molecule has 0 radical (unpaired) electrons. The van der Waals surface area contributed by atoms with Crippen LogP contribution in [0.15, 0.2) is 71.8 Å². The SMILES string of the molecule is CCCOc1ccc(NC(=O)C(=O)N/N=C\c2ccccc2OCC(=O)Nc2ccc(C)cc2C)cc1. The van der Waals surface area contributed by atoms with Gasteiger partial charge in [0.2, 0.25) is 0 Å². The number of carbonyl (C=O) groups excluding carboxylic acids is 3. The average molecular weight is 503 g/mol. The first-order valence-corrected chi connectivity index (χ1v) is 11.8. The standard InChI is InChI=1S/C28H30N4O5/c1-4-15-36-23-12-10-22(11-13-23)30-27(34)28(35)32-29-17-21-7-5-6-8-25(21)37-18-26(33)31-24-14-9-19(2)16-20(24)3/h5-14,16-17H,4,15,18H2,1-3H3,(H,30,34)(H,31,33)(H,32,35)/b29-17-. The van der Waals surface area contributed by atoms with Gasteiger partial charge < -0.3 is 20.1 Å². The zero-order valence-corrected chi connectivity index (χ0v) is 21.0. The maximum atomic E-state index is 12.3. The minimum absolute atomic E-state index is 0.213. The van der Waals surface area contributed by atoms with E-state index < -0.39 is 11.8 Å². The van der Waals surface area contributed by atoms with Crippen molar-refractivity contribution in [2.45, 2.75) is 27.2 Å². The van der Waals surface area contributed by atoms with Gasteiger partial charge in [-0.3, -0.25) is 14.4 Å². The van der Waals surface area contributed by atoms with Crippen LogP contribution in [0.25, 0.3) is 0 Å². The second kappa shape index (κ2) is 13.4. The molecule has 0 fully saturated rings. The lowest BCUT2D eigenvalue weighted by Gasteiger charge is -2.11. The fourth-order valence-corrected chi connectivity index (χ4v) is 3.26. The molecule has 0 bridgehead atoms. The van der Waals surface area contributed by atoms with E-state index in [0.29, 0.717) is 29.4 Å². The van der Waals surface area contributed by atoms with Crippen LogP contribution in [0, 0.1) is 13.8 Å². The first kappa shape index (κ1) is 26.9. The Morgan fingerprint density at radius 3 is 2.38 bits per heavy atom. The quantitative estimate of drug-likeness (QED) is 0.218. The molecule has 0 saturated carbocycles. The summed E-state index contributed by atoms with van der Waals surface area (Å²) in [5.74, 6) is -1.04. The second-order valence-electron chi connectivity index (χ2n) is 8.22. The van der Waals surface area contributed by atoms with E-state index in [1.165, 1.54) is 6.21 Å². The molecule has 9 heteroatoms. The molecule has 9 nitrogen and oxygen atoms in total. The van der Waals surface area contributed by atoms with E-state index in [1.54, 1.807) is 48.5 Å². The Labute approximate surface area is 215 Å². The highest BCUT2D eigenvalue weighted by Gasteiger charge is 2.13. The smallest absolute Gasteiger partial charge is 0.329 e. The van der Waals surface area contributed by atoms with E-state index in [0.717, 1.165) is 23.2 Å². The summed E-state index contributed by atoms with van der Waals surface area (Å²) in [7, 11) is 0. The number of nitrogens with one attached hydrogen (secondary N) is 3. The van der Waals surface area contributed by atoms with Crippen LogP contribution in [0.5, 0.6) is 11.5 Å². The van der Waals surface area contributed by atoms with Crippen LogP contribution >= 0.6 is 0 Å². The monoisotopic (exact) mass is 502 g/mol. The molecular formula is C28H30N4O5. The Morgan fingerprint density at radius 2 is 1.65 bits per heavy atom. The van der Waals surface area contributed by atoms with Gasteiger partial charge in [-0.2, -0.15) is 5.10 Å². The molecule has 0 heterocycles. The number of hydrogen-bond acceptors (Lipinski definition) is 6. The topological polar surface area (TPSA) is 118 Å². The van der Waals surface area contributed by atoms with Gasteiger partial charge in [-0.05, 0) is 68.3 Å². The fourth-order valence-electron chi connectivity index (χ4n) is 3.26. The van der Waals surface area contributed by atoms with Crippen molar-refractivity contribution < 1.29 is 23.9 Å². The first-order chi connectivity index (χ1) is 17.9. The number of carbonyl (C=O) groups is 3. The van der Waals surface area contributed by atoms with Crippen molar-refractivity contribution in [3.8, 4) is 11.5 Å². The molecule has 3 aromatic rings. The summed E-state index contributed by atoms with van der Waals surface area (Å²) in [5, 5.41) is 9.16. The second-order valence-corrected chi connectivity index (χ2v) is 8.22. The van der Waals surface area contributed by atoms with E-state index >= 15 is 0 Å². The molecule has 0 aliphatic carbocycles.